The largest absolute Gasteiger partial charge is 0.504 e. The standard InChI is InChI=1S/C20H29N5O4S3/c1-7-25(8-2)32(27,28)19-15(26)14(12(3)30-19)21-17-18(24-31-23-17)22-16(20(4,5)6)13-10-9-11-29-13/h9-11,16,26H,7-8H2,1-6H3,(H,21,23)(H,22,24)/t16-/m0/s1. The number of nitrogens with one attached hydrogen (secondary N) is 2. The van der Waals surface area contributed by atoms with E-state index in [1.807, 2.05) is 12.1 Å². The number of hydrogen-bond donors (Lipinski definition) is 3. The van der Waals surface area contributed by atoms with E-state index in [1.165, 1.54) is 4.31 Å². The Morgan fingerprint density at radius 2 is 1.88 bits per heavy atom. The van der Waals surface area contributed by atoms with Crippen molar-refractivity contribution < 1.29 is 17.9 Å². The maximum atomic E-state index is 12.9. The summed E-state index contributed by atoms with van der Waals surface area (Å²) in [4.78, 5) is 0.630. The van der Waals surface area contributed by atoms with E-state index in [9.17, 15) is 13.5 Å². The van der Waals surface area contributed by atoms with Crippen LogP contribution in [0.5, 0.6) is 5.75 Å². The Bertz CT molecular complexity index is 1140. The zero-order valence-electron chi connectivity index (χ0n) is 19.0. The predicted molar refractivity (Wildman–Crippen MR) is 129 cm³/mol. The molecule has 3 aromatic rings. The fourth-order valence-electron chi connectivity index (χ4n) is 3.30. The van der Waals surface area contributed by atoms with Gasteiger partial charge in [-0.05, 0) is 24.5 Å². The highest BCUT2D eigenvalue weighted by Crippen LogP contribution is 2.45. The van der Waals surface area contributed by atoms with E-state index in [4.69, 9.17) is 4.42 Å². The van der Waals surface area contributed by atoms with Gasteiger partial charge in [-0.3, -0.25) is 0 Å². The summed E-state index contributed by atoms with van der Waals surface area (Å²) >= 11 is 2.04. The minimum atomic E-state index is -3.79. The Morgan fingerprint density at radius 1 is 1.22 bits per heavy atom. The van der Waals surface area contributed by atoms with Crippen LogP contribution in [0.25, 0.3) is 0 Å². The molecular weight excluding hydrogens is 470 g/mol. The number of aromatic nitrogens is 2. The molecule has 0 unspecified atom stereocenters. The highest BCUT2D eigenvalue weighted by atomic mass is 32.2. The molecule has 0 saturated carbocycles. The first kappa shape index (κ1) is 24.5. The maximum Gasteiger partial charge on any atom is 0.256 e. The van der Waals surface area contributed by atoms with Gasteiger partial charge in [0.05, 0.1) is 29.7 Å². The molecule has 3 rings (SSSR count). The Balaban J connectivity index is 1.93. The molecule has 0 amide bonds. The zero-order chi connectivity index (χ0) is 23.7. The number of anilines is 3. The smallest absolute Gasteiger partial charge is 0.256 e. The predicted octanol–water partition coefficient (Wildman–Crippen LogP) is 5.18. The van der Waals surface area contributed by atoms with Crippen LogP contribution in [0.4, 0.5) is 17.3 Å². The van der Waals surface area contributed by atoms with E-state index in [0.717, 1.165) is 28.8 Å². The van der Waals surface area contributed by atoms with Gasteiger partial charge in [0, 0.05) is 18.0 Å². The first-order valence-corrected chi connectivity index (χ1v) is 13.2. The summed E-state index contributed by atoms with van der Waals surface area (Å²) < 4.78 is 41.4. The van der Waals surface area contributed by atoms with Gasteiger partial charge in [0.1, 0.15) is 5.76 Å². The number of nitrogens with zero attached hydrogens (tertiary/aromatic N) is 3. The molecule has 0 fully saturated rings. The zero-order valence-corrected chi connectivity index (χ0v) is 21.4. The summed E-state index contributed by atoms with van der Waals surface area (Å²) in [6.45, 7) is 12.2. The van der Waals surface area contributed by atoms with Crippen LogP contribution in [0.1, 0.15) is 51.3 Å². The molecule has 12 heteroatoms. The Labute approximate surface area is 196 Å². The first-order chi connectivity index (χ1) is 15.0. The molecule has 3 N–H and O–H groups in total. The lowest BCUT2D eigenvalue weighted by Gasteiger charge is -2.30. The quantitative estimate of drug-likeness (QED) is 0.368. The van der Waals surface area contributed by atoms with Crippen LogP contribution in [0.15, 0.2) is 27.0 Å². The second-order valence-corrected chi connectivity index (χ2v) is 12.2. The van der Waals surface area contributed by atoms with Crippen LogP contribution < -0.4 is 10.6 Å². The summed E-state index contributed by atoms with van der Waals surface area (Å²) in [6.07, 6.45) is 1.62. The van der Waals surface area contributed by atoms with Gasteiger partial charge in [-0.25, -0.2) is 8.42 Å². The van der Waals surface area contributed by atoms with Gasteiger partial charge in [0.2, 0.25) is 0 Å². The van der Waals surface area contributed by atoms with Crippen LogP contribution in [-0.4, -0.2) is 39.7 Å². The van der Waals surface area contributed by atoms with E-state index in [2.05, 4.69) is 40.2 Å². The van der Waals surface area contributed by atoms with E-state index >= 15 is 0 Å². The van der Waals surface area contributed by atoms with Gasteiger partial charge in [-0.15, -0.1) is 11.3 Å². The highest BCUT2D eigenvalue weighted by molar-refractivity contribution is 7.91. The highest BCUT2D eigenvalue weighted by Gasteiger charge is 2.32. The van der Waals surface area contributed by atoms with Crippen molar-refractivity contribution in [2.24, 2.45) is 5.41 Å². The fraction of sp³-hybridized carbons (Fsp3) is 0.500. The minimum Gasteiger partial charge on any atom is -0.504 e. The van der Waals surface area contributed by atoms with E-state index in [-0.39, 0.29) is 21.4 Å². The number of furan rings is 1. The molecule has 0 spiro atoms. The van der Waals surface area contributed by atoms with Crippen molar-refractivity contribution in [3.05, 3.63) is 29.0 Å². The number of thiophene rings is 1. The van der Waals surface area contributed by atoms with Crippen molar-refractivity contribution in [3.8, 4) is 5.75 Å². The van der Waals surface area contributed by atoms with E-state index < -0.39 is 10.0 Å². The molecule has 3 heterocycles. The third-order valence-corrected chi connectivity index (χ3v) is 9.17. The van der Waals surface area contributed by atoms with Crippen molar-refractivity contribution in [3.63, 3.8) is 0 Å². The first-order valence-electron chi connectivity index (χ1n) is 10.2. The SMILES string of the molecule is CCN(CC)S(=O)(=O)c1sc(C)c(Nc2nsnc2N[C@@H](c2ccco2)C(C)(C)C)c1O. The molecule has 0 aliphatic heterocycles. The van der Waals surface area contributed by atoms with Gasteiger partial charge >= 0.3 is 0 Å². The second kappa shape index (κ2) is 9.38. The summed E-state index contributed by atoms with van der Waals surface area (Å²) in [6, 6.07) is 3.55. The van der Waals surface area contributed by atoms with Gasteiger partial charge < -0.3 is 20.2 Å². The second-order valence-electron chi connectivity index (χ2n) is 8.30. The van der Waals surface area contributed by atoms with Gasteiger partial charge in [-0.2, -0.15) is 13.1 Å². The van der Waals surface area contributed by atoms with Crippen molar-refractivity contribution in [2.45, 2.75) is 51.8 Å². The third-order valence-electron chi connectivity index (χ3n) is 5.01. The van der Waals surface area contributed by atoms with Crippen molar-refractivity contribution in [1.29, 1.82) is 0 Å². The van der Waals surface area contributed by atoms with Crippen molar-refractivity contribution in [2.75, 3.05) is 23.7 Å². The molecule has 0 aromatic carbocycles. The molecule has 3 aromatic heterocycles. The van der Waals surface area contributed by atoms with Crippen molar-refractivity contribution in [1.82, 2.24) is 13.1 Å². The van der Waals surface area contributed by atoms with Crippen LogP contribution in [0, 0.1) is 12.3 Å². The maximum absolute atomic E-state index is 12.9. The average molecular weight is 500 g/mol. The van der Waals surface area contributed by atoms with E-state index in [0.29, 0.717) is 35.3 Å². The number of sulfonamides is 1. The molecule has 0 aliphatic rings. The van der Waals surface area contributed by atoms with Crippen LogP contribution in [0.2, 0.25) is 0 Å². The normalized spacial score (nSPS) is 13.5. The van der Waals surface area contributed by atoms with Gasteiger partial charge in [-0.1, -0.05) is 34.6 Å². The average Bonchev–Trinajstić information content (AvgIpc) is 3.44. The molecule has 9 nitrogen and oxygen atoms in total. The van der Waals surface area contributed by atoms with E-state index in [1.54, 1.807) is 27.0 Å². The van der Waals surface area contributed by atoms with Gasteiger partial charge in [0.15, 0.2) is 21.6 Å². The summed E-state index contributed by atoms with van der Waals surface area (Å²) in [7, 11) is -3.79. The number of aromatic hydroxyl groups is 1. The van der Waals surface area contributed by atoms with Crippen molar-refractivity contribution >= 4 is 50.4 Å². The summed E-state index contributed by atoms with van der Waals surface area (Å²) in [5.41, 5.74) is 0.117. The molecule has 0 saturated heterocycles. The Kier molecular flexibility index (Phi) is 7.18. The van der Waals surface area contributed by atoms with Gasteiger partial charge in [0.25, 0.3) is 10.0 Å². The monoisotopic (exact) mass is 499 g/mol. The lowest BCUT2D eigenvalue weighted by atomic mass is 9.85. The topological polar surface area (TPSA) is 121 Å². The number of hydrogen-bond acceptors (Lipinski definition) is 10. The van der Waals surface area contributed by atoms with Crippen LogP contribution in [-0.2, 0) is 10.0 Å². The Hall–Kier alpha value is -2.15. The molecular formula is C20H29N5O4S3. The van der Waals surface area contributed by atoms with Crippen LogP contribution in [0.3, 0.4) is 0 Å². The molecule has 1 atom stereocenters. The summed E-state index contributed by atoms with van der Waals surface area (Å²) in [5.74, 6) is 1.35. The molecule has 176 valence electrons. The molecule has 0 bridgehead atoms. The minimum absolute atomic E-state index is 0.0814. The lowest BCUT2D eigenvalue weighted by molar-refractivity contribution is 0.304. The number of rotatable bonds is 9. The Morgan fingerprint density at radius 3 is 2.44 bits per heavy atom. The molecule has 0 radical (unpaired) electrons. The lowest BCUT2D eigenvalue weighted by Crippen LogP contribution is -2.30. The fourth-order valence-corrected chi connectivity index (χ4v) is 6.88. The van der Waals surface area contributed by atoms with Crippen LogP contribution >= 0.6 is 23.1 Å². The number of aryl methyl sites for hydroxylation is 1. The molecule has 32 heavy (non-hydrogen) atoms. The summed E-state index contributed by atoms with van der Waals surface area (Å²) in [5, 5.41) is 17.3. The third kappa shape index (κ3) is 4.77. The molecule has 0 aliphatic carbocycles.